The lowest BCUT2D eigenvalue weighted by Gasteiger charge is -2.05. The zero-order chi connectivity index (χ0) is 16.9. The topological polar surface area (TPSA) is 42.0 Å². The number of aryl methyl sites for hydroxylation is 2. The molecule has 1 N–H and O–H groups in total. The van der Waals surface area contributed by atoms with Crippen LogP contribution >= 0.6 is 39.9 Å². The van der Waals surface area contributed by atoms with E-state index in [0.29, 0.717) is 15.6 Å². The Morgan fingerprint density at radius 1 is 1.17 bits per heavy atom. The number of carbonyl (C=O) groups is 1. The highest BCUT2D eigenvalue weighted by Gasteiger charge is 2.12. The van der Waals surface area contributed by atoms with Gasteiger partial charge in [-0.3, -0.25) is 10.1 Å². The van der Waals surface area contributed by atoms with E-state index >= 15 is 0 Å². The Morgan fingerprint density at radius 3 is 2.75 bits per heavy atom. The molecule has 3 aromatic rings. The fourth-order valence-electron chi connectivity index (χ4n) is 2.25. The number of amides is 1. The SMILES string of the molecule is O=C(Nc1nc(CCc2ccccc2)cs1)c1cc(Br)ccc1S. The summed E-state index contributed by atoms with van der Waals surface area (Å²) in [5.41, 5.74) is 2.79. The molecule has 0 radical (unpaired) electrons. The lowest BCUT2D eigenvalue weighted by Crippen LogP contribution is -2.12. The number of hydrogen-bond donors (Lipinski definition) is 2. The lowest BCUT2D eigenvalue weighted by molar-refractivity contribution is 0.102. The second-order valence-electron chi connectivity index (χ2n) is 5.25. The molecule has 24 heavy (non-hydrogen) atoms. The van der Waals surface area contributed by atoms with Crippen molar-refractivity contribution < 1.29 is 4.79 Å². The number of hydrogen-bond acceptors (Lipinski definition) is 4. The molecular formula is C18H15BrN2OS2. The van der Waals surface area contributed by atoms with Gasteiger partial charge >= 0.3 is 0 Å². The normalized spacial score (nSPS) is 10.6. The second-order valence-corrected chi connectivity index (χ2v) is 7.50. The minimum Gasteiger partial charge on any atom is -0.298 e. The summed E-state index contributed by atoms with van der Waals surface area (Å²) in [5, 5.41) is 5.44. The summed E-state index contributed by atoms with van der Waals surface area (Å²) >= 11 is 9.14. The van der Waals surface area contributed by atoms with E-state index in [4.69, 9.17) is 0 Å². The second kappa shape index (κ2) is 7.96. The van der Waals surface area contributed by atoms with Crippen molar-refractivity contribution in [3.05, 3.63) is 75.2 Å². The molecular weight excluding hydrogens is 404 g/mol. The average molecular weight is 419 g/mol. The number of nitrogens with zero attached hydrogens (tertiary/aromatic N) is 1. The van der Waals surface area contributed by atoms with E-state index in [1.807, 2.05) is 29.6 Å². The fraction of sp³-hybridized carbons (Fsp3) is 0.111. The van der Waals surface area contributed by atoms with E-state index in [2.05, 4.69) is 51.0 Å². The summed E-state index contributed by atoms with van der Waals surface area (Å²) in [7, 11) is 0. The van der Waals surface area contributed by atoms with Crippen LogP contribution in [0.5, 0.6) is 0 Å². The van der Waals surface area contributed by atoms with Gasteiger partial charge in [-0.15, -0.1) is 24.0 Å². The molecule has 3 rings (SSSR count). The van der Waals surface area contributed by atoms with Gasteiger partial charge in [0.15, 0.2) is 5.13 Å². The predicted molar refractivity (Wildman–Crippen MR) is 105 cm³/mol. The first kappa shape index (κ1) is 17.2. The fourth-order valence-corrected chi connectivity index (χ4v) is 3.59. The van der Waals surface area contributed by atoms with Crippen molar-refractivity contribution in [3.8, 4) is 0 Å². The molecule has 0 spiro atoms. The van der Waals surface area contributed by atoms with Crippen LogP contribution in [0.15, 0.2) is 63.3 Å². The van der Waals surface area contributed by atoms with E-state index in [1.54, 1.807) is 12.1 Å². The van der Waals surface area contributed by atoms with Gasteiger partial charge in [0.25, 0.3) is 5.91 Å². The molecule has 0 aliphatic rings. The van der Waals surface area contributed by atoms with Gasteiger partial charge in [-0.05, 0) is 36.6 Å². The lowest BCUT2D eigenvalue weighted by atomic mass is 10.1. The van der Waals surface area contributed by atoms with Gasteiger partial charge in [0.1, 0.15) is 0 Å². The van der Waals surface area contributed by atoms with Crippen molar-refractivity contribution in [3.63, 3.8) is 0 Å². The summed E-state index contributed by atoms with van der Waals surface area (Å²) in [4.78, 5) is 17.5. The molecule has 0 fully saturated rings. The number of thiol groups is 1. The molecule has 0 saturated carbocycles. The summed E-state index contributed by atoms with van der Waals surface area (Å²) in [6, 6.07) is 15.7. The van der Waals surface area contributed by atoms with Crippen molar-refractivity contribution in [2.24, 2.45) is 0 Å². The van der Waals surface area contributed by atoms with Crippen LogP contribution < -0.4 is 5.32 Å². The van der Waals surface area contributed by atoms with Crippen LogP contribution in [-0.4, -0.2) is 10.9 Å². The Labute approximate surface area is 158 Å². The van der Waals surface area contributed by atoms with Crippen molar-refractivity contribution in [2.75, 3.05) is 5.32 Å². The average Bonchev–Trinajstić information content (AvgIpc) is 3.03. The molecule has 0 unspecified atom stereocenters. The molecule has 1 amide bonds. The van der Waals surface area contributed by atoms with Gasteiger partial charge in [-0.2, -0.15) is 0 Å². The van der Waals surface area contributed by atoms with Gasteiger partial charge < -0.3 is 0 Å². The summed E-state index contributed by atoms with van der Waals surface area (Å²) in [6.07, 6.45) is 1.79. The number of thiazole rings is 1. The molecule has 3 nitrogen and oxygen atoms in total. The maximum absolute atomic E-state index is 12.4. The van der Waals surface area contributed by atoms with E-state index in [1.165, 1.54) is 16.9 Å². The molecule has 0 bridgehead atoms. The van der Waals surface area contributed by atoms with Crippen molar-refractivity contribution in [1.29, 1.82) is 0 Å². The third-order valence-electron chi connectivity index (χ3n) is 3.49. The smallest absolute Gasteiger partial charge is 0.258 e. The monoisotopic (exact) mass is 418 g/mol. The largest absolute Gasteiger partial charge is 0.298 e. The van der Waals surface area contributed by atoms with Crippen LogP contribution in [0, 0.1) is 0 Å². The zero-order valence-electron chi connectivity index (χ0n) is 12.7. The third-order valence-corrected chi connectivity index (χ3v) is 5.18. The maximum Gasteiger partial charge on any atom is 0.258 e. The number of nitrogens with one attached hydrogen (secondary N) is 1. The summed E-state index contributed by atoms with van der Waals surface area (Å²) < 4.78 is 0.841. The first-order valence-electron chi connectivity index (χ1n) is 7.40. The number of anilines is 1. The number of rotatable bonds is 5. The summed E-state index contributed by atoms with van der Waals surface area (Å²) in [6.45, 7) is 0. The van der Waals surface area contributed by atoms with Crippen LogP contribution in [0.1, 0.15) is 21.6 Å². The quantitative estimate of drug-likeness (QED) is 0.556. The van der Waals surface area contributed by atoms with E-state index in [0.717, 1.165) is 23.0 Å². The molecule has 0 aliphatic heterocycles. The first-order chi connectivity index (χ1) is 11.6. The van der Waals surface area contributed by atoms with E-state index in [9.17, 15) is 4.79 Å². The molecule has 122 valence electrons. The Hall–Kier alpha value is -1.63. The van der Waals surface area contributed by atoms with E-state index in [-0.39, 0.29) is 5.91 Å². The molecule has 0 saturated heterocycles. The number of benzene rings is 2. The molecule has 1 aromatic heterocycles. The Balaban J connectivity index is 1.63. The molecule has 0 atom stereocenters. The van der Waals surface area contributed by atoms with E-state index < -0.39 is 0 Å². The molecule has 1 heterocycles. The molecule has 6 heteroatoms. The van der Waals surface area contributed by atoms with Crippen LogP contribution in [0.4, 0.5) is 5.13 Å². The van der Waals surface area contributed by atoms with Crippen molar-refractivity contribution in [2.45, 2.75) is 17.7 Å². The third kappa shape index (κ3) is 4.47. The van der Waals surface area contributed by atoms with Crippen LogP contribution in [0.3, 0.4) is 0 Å². The number of halogens is 1. The predicted octanol–water partition coefficient (Wildman–Crippen LogP) is 5.23. The van der Waals surface area contributed by atoms with Crippen LogP contribution in [0.2, 0.25) is 0 Å². The first-order valence-corrected chi connectivity index (χ1v) is 9.52. The van der Waals surface area contributed by atoms with Gasteiger partial charge in [0.05, 0.1) is 11.3 Å². The van der Waals surface area contributed by atoms with Crippen LogP contribution in [0.25, 0.3) is 0 Å². The van der Waals surface area contributed by atoms with Gasteiger partial charge in [0, 0.05) is 14.7 Å². The zero-order valence-corrected chi connectivity index (χ0v) is 16.0. The van der Waals surface area contributed by atoms with Gasteiger partial charge in [-0.25, -0.2) is 4.98 Å². The Morgan fingerprint density at radius 2 is 1.96 bits per heavy atom. The van der Waals surface area contributed by atoms with Gasteiger partial charge in [-0.1, -0.05) is 46.3 Å². The highest BCUT2D eigenvalue weighted by molar-refractivity contribution is 9.10. The Bertz CT molecular complexity index is 849. The standard InChI is InChI=1S/C18H15BrN2OS2/c19-13-7-9-16(23)15(10-13)17(22)21-18-20-14(11-24-18)8-6-12-4-2-1-3-5-12/h1-5,7,9-11,23H,6,8H2,(H,20,21,22). The Kier molecular flexibility index (Phi) is 5.71. The minimum atomic E-state index is -0.203. The molecule has 2 aromatic carbocycles. The minimum absolute atomic E-state index is 0.203. The highest BCUT2D eigenvalue weighted by atomic mass is 79.9. The van der Waals surface area contributed by atoms with Crippen molar-refractivity contribution in [1.82, 2.24) is 4.98 Å². The van der Waals surface area contributed by atoms with Gasteiger partial charge in [0.2, 0.25) is 0 Å². The van der Waals surface area contributed by atoms with Crippen molar-refractivity contribution >= 4 is 50.9 Å². The number of carbonyl (C=O) groups excluding carboxylic acids is 1. The molecule has 0 aliphatic carbocycles. The number of aromatic nitrogens is 1. The summed E-state index contributed by atoms with van der Waals surface area (Å²) in [5.74, 6) is -0.203. The maximum atomic E-state index is 12.4. The van der Waals surface area contributed by atoms with Crippen LogP contribution in [-0.2, 0) is 12.8 Å². The highest BCUT2D eigenvalue weighted by Crippen LogP contribution is 2.22.